The number of nitrogens with one attached hydrogen (secondary N) is 1. The molecule has 1 amide bonds. The Bertz CT molecular complexity index is 833. The predicted octanol–water partition coefficient (Wildman–Crippen LogP) is 2.42. The molecule has 1 N–H and O–H groups in total. The minimum Gasteiger partial charge on any atom is -0.355 e. The van der Waals surface area contributed by atoms with E-state index >= 15 is 0 Å². The zero-order valence-electron chi connectivity index (χ0n) is 13.9. The summed E-state index contributed by atoms with van der Waals surface area (Å²) < 4.78 is 24.3. The van der Waals surface area contributed by atoms with Gasteiger partial charge in [0.1, 0.15) is 0 Å². The number of carbonyl (C=O) groups excluding carboxylic acids is 1. The van der Waals surface area contributed by atoms with Gasteiger partial charge < -0.3 is 5.32 Å². The molecule has 2 aliphatic heterocycles. The molecule has 0 saturated carbocycles. The SMILES string of the molecule is C#CCCC1(CCC(=O)NCC2CCS(=O)(=O)c3ccccc32)N=N1. The second kappa shape index (κ2) is 6.96. The van der Waals surface area contributed by atoms with E-state index in [0.29, 0.717) is 43.5 Å². The van der Waals surface area contributed by atoms with Gasteiger partial charge in [0.2, 0.25) is 5.91 Å². The molecule has 6 nitrogen and oxygen atoms in total. The van der Waals surface area contributed by atoms with E-state index in [-0.39, 0.29) is 17.6 Å². The maximum absolute atomic E-state index is 12.1. The molecule has 2 aliphatic rings. The van der Waals surface area contributed by atoms with Crippen molar-refractivity contribution >= 4 is 15.7 Å². The molecule has 7 heteroatoms. The van der Waals surface area contributed by atoms with Crippen molar-refractivity contribution in [1.82, 2.24) is 5.32 Å². The average Bonchev–Trinajstić information content (AvgIpc) is 3.38. The van der Waals surface area contributed by atoms with Gasteiger partial charge in [0.05, 0.1) is 10.6 Å². The molecule has 132 valence electrons. The Hall–Kier alpha value is -2.20. The second-order valence-corrected chi connectivity index (χ2v) is 8.61. The van der Waals surface area contributed by atoms with Crippen molar-refractivity contribution in [3.63, 3.8) is 0 Å². The lowest BCUT2D eigenvalue weighted by Crippen LogP contribution is -2.32. The fourth-order valence-electron chi connectivity index (χ4n) is 3.18. The van der Waals surface area contributed by atoms with Crippen molar-refractivity contribution in [3.8, 4) is 12.3 Å². The fourth-order valence-corrected chi connectivity index (χ4v) is 4.88. The standard InChI is InChI=1S/C18H21N3O3S/c1-2-3-10-18(20-21-18)11-8-17(22)19-13-14-9-12-25(23,24)16-7-5-4-6-15(14)16/h1,4-7,14H,3,8-13H2,(H,19,22). The van der Waals surface area contributed by atoms with Crippen LogP contribution >= 0.6 is 0 Å². The highest BCUT2D eigenvalue weighted by molar-refractivity contribution is 7.91. The number of carbonyl (C=O) groups is 1. The molecule has 0 aliphatic carbocycles. The van der Waals surface area contributed by atoms with E-state index in [0.717, 1.165) is 5.56 Å². The highest BCUT2D eigenvalue weighted by Gasteiger charge is 2.39. The van der Waals surface area contributed by atoms with Gasteiger partial charge in [-0.25, -0.2) is 8.42 Å². The topological polar surface area (TPSA) is 88.0 Å². The van der Waals surface area contributed by atoms with E-state index in [4.69, 9.17) is 6.42 Å². The highest BCUT2D eigenvalue weighted by atomic mass is 32.2. The van der Waals surface area contributed by atoms with Crippen LogP contribution in [-0.4, -0.2) is 32.3 Å². The summed E-state index contributed by atoms with van der Waals surface area (Å²) in [6, 6.07) is 7.04. The molecule has 1 aromatic carbocycles. The Labute approximate surface area is 148 Å². The molecule has 0 aromatic heterocycles. The lowest BCUT2D eigenvalue weighted by atomic mass is 9.95. The van der Waals surface area contributed by atoms with Crippen LogP contribution in [0.2, 0.25) is 0 Å². The Balaban J connectivity index is 1.52. The molecule has 1 unspecified atom stereocenters. The number of amides is 1. The third kappa shape index (κ3) is 4.07. The molecule has 2 heterocycles. The van der Waals surface area contributed by atoms with Crippen LogP contribution in [0.1, 0.15) is 43.6 Å². The van der Waals surface area contributed by atoms with E-state index in [1.165, 1.54) is 0 Å². The molecular formula is C18H21N3O3S. The number of rotatable bonds is 7. The maximum Gasteiger partial charge on any atom is 0.220 e. The second-order valence-electron chi connectivity index (χ2n) is 6.53. The monoisotopic (exact) mass is 359 g/mol. The summed E-state index contributed by atoms with van der Waals surface area (Å²) in [6.07, 6.45) is 7.96. The van der Waals surface area contributed by atoms with Crippen molar-refractivity contribution in [1.29, 1.82) is 0 Å². The van der Waals surface area contributed by atoms with Crippen LogP contribution in [0.15, 0.2) is 39.4 Å². The Morgan fingerprint density at radius 2 is 2.08 bits per heavy atom. The van der Waals surface area contributed by atoms with Crippen LogP contribution in [0.25, 0.3) is 0 Å². The van der Waals surface area contributed by atoms with Gasteiger partial charge in [-0.15, -0.1) is 12.3 Å². The minimum atomic E-state index is -3.20. The molecule has 1 atom stereocenters. The summed E-state index contributed by atoms with van der Waals surface area (Å²) in [6.45, 7) is 0.441. The van der Waals surface area contributed by atoms with Crippen LogP contribution in [0.3, 0.4) is 0 Å². The van der Waals surface area contributed by atoms with Crippen LogP contribution < -0.4 is 5.32 Å². The first-order chi connectivity index (χ1) is 12.0. The zero-order chi connectivity index (χ0) is 17.9. The first kappa shape index (κ1) is 17.6. The van der Waals surface area contributed by atoms with Gasteiger partial charge in [0.25, 0.3) is 0 Å². The van der Waals surface area contributed by atoms with Crippen LogP contribution in [0.5, 0.6) is 0 Å². The molecule has 0 fully saturated rings. The van der Waals surface area contributed by atoms with Crippen molar-refractivity contribution in [2.45, 2.75) is 48.6 Å². The number of terminal acetylenes is 1. The third-order valence-electron chi connectivity index (χ3n) is 4.78. The molecule has 0 bridgehead atoms. The zero-order valence-corrected chi connectivity index (χ0v) is 14.8. The number of hydrogen-bond donors (Lipinski definition) is 1. The molecule has 1 aromatic rings. The summed E-state index contributed by atoms with van der Waals surface area (Å²) >= 11 is 0. The minimum absolute atomic E-state index is 0.0226. The van der Waals surface area contributed by atoms with E-state index < -0.39 is 15.5 Å². The normalized spacial score (nSPS) is 21.8. The largest absolute Gasteiger partial charge is 0.355 e. The summed E-state index contributed by atoms with van der Waals surface area (Å²) in [5.74, 6) is 2.64. The molecule has 0 spiro atoms. The van der Waals surface area contributed by atoms with Gasteiger partial charge in [0, 0.05) is 38.1 Å². The molecule has 0 saturated heterocycles. The molecule has 25 heavy (non-hydrogen) atoms. The summed E-state index contributed by atoms with van der Waals surface area (Å²) in [7, 11) is -3.20. The fraction of sp³-hybridized carbons (Fsp3) is 0.500. The predicted molar refractivity (Wildman–Crippen MR) is 93.8 cm³/mol. The third-order valence-corrected chi connectivity index (χ3v) is 6.59. The van der Waals surface area contributed by atoms with Gasteiger partial charge in [-0.2, -0.15) is 10.2 Å². The Morgan fingerprint density at radius 1 is 1.32 bits per heavy atom. The lowest BCUT2D eigenvalue weighted by molar-refractivity contribution is -0.121. The van der Waals surface area contributed by atoms with Crippen molar-refractivity contribution in [2.75, 3.05) is 12.3 Å². The summed E-state index contributed by atoms with van der Waals surface area (Å²) in [5.41, 5.74) is 0.349. The van der Waals surface area contributed by atoms with Crippen LogP contribution in [-0.2, 0) is 14.6 Å². The number of benzene rings is 1. The van der Waals surface area contributed by atoms with Gasteiger partial charge in [-0.1, -0.05) is 18.2 Å². The number of fused-ring (bicyclic) bond motifs is 1. The Kier molecular flexibility index (Phi) is 4.91. The number of hydrogen-bond acceptors (Lipinski definition) is 5. The summed E-state index contributed by atoms with van der Waals surface area (Å²) in [4.78, 5) is 12.5. The average molecular weight is 359 g/mol. The first-order valence-corrected chi connectivity index (χ1v) is 10.1. The number of sulfone groups is 1. The first-order valence-electron chi connectivity index (χ1n) is 8.42. The van der Waals surface area contributed by atoms with Crippen molar-refractivity contribution in [3.05, 3.63) is 29.8 Å². The highest BCUT2D eigenvalue weighted by Crippen LogP contribution is 2.37. The van der Waals surface area contributed by atoms with E-state index in [1.807, 2.05) is 12.1 Å². The maximum atomic E-state index is 12.1. The molecular weight excluding hydrogens is 338 g/mol. The smallest absolute Gasteiger partial charge is 0.220 e. The van der Waals surface area contributed by atoms with E-state index in [2.05, 4.69) is 21.5 Å². The van der Waals surface area contributed by atoms with Crippen LogP contribution in [0.4, 0.5) is 0 Å². The van der Waals surface area contributed by atoms with Gasteiger partial charge in [0.15, 0.2) is 15.5 Å². The summed E-state index contributed by atoms with van der Waals surface area (Å²) in [5, 5.41) is 11.0. The number of nitrogens with zero attached hydrogens (tertiary/aromatic N) is 2. The van der Waals surface area contributed by atoms with E-state index in [1.54, 1.807) is 12.1 Å². The van der Waals surface area contributed by atoms with Gasteiger partial charge in [-0.05, 0) is 18.1 Å². The van der Waals surface area contributed by atoms with E-state index in [9.17, 15) is 13.2 Å². The Morgan fingerprint density at radius 3 is 2.80 bits per heavy atom. The quantitative estimate of drug-likeness (QED) is 0.758. The molecule has 0 radical (unpaired) electrons. The van der Waals surface area contributed by atoms with Crippen molar-refractivity contribution < 1.29 is 13.2 Å². The van der Waals surface area contributed by atoms with Crippen LogP contribution in [0, 0.1) is 12.3 Å². The molecule has 3 rings (SSSR count). The van der Waals surface area contributed by atoms with Gasteiger partial charge >= 0.3 is 0 Å². The van der Waals surface area contributed by atoms with Crippen molar-refractivity contribution in [2.24, 2.45) is 10.2 Å². The lowest BCUT2D eigenvalue weighted by Gasteiger charge is -2.25. The van der Waals surface area contributed by atoms with Gasteiger partial charge in [-0.3, -0.25) is 4.79 Å².